The van der Waals surface area contributed by atoms with Crippen molar-refractivity contribution in [3.05, 3.63) is 35.4 Å². The lowest BCUT2D eigenvalue weighted by Crippen LogP contribution is -2.39. The molecule has 1 aliphatic carbocycles. The average molecular weight is 286 g/mol. The number of benzene rings is 1. The highest BCUT2D eigenvalue weighted by atomic mass is 16.2. The Labute approximate surface area is 127 Å². The summed E-state index contributed by atoms with van der Waals surface area (Å²) in [5.74, 6) is 0.256. The number of carbonyl (C=O) groups is 1. The van der Waals surface area contributed by atoms with E-state index in [4.69, 9.17) is 0 Å². The van der Waals surface area contributed by atoms with Crippen molar-refractivity contribution in [2.75, 3.05) is 0 Å². The van der Waals surface area contributed by atoms with E-state index in [-0.39, 0.29) is 18.1 Å². The molecule has 114 valence electrons. The maximum absolute atomic E-state index is 12.7. The van der Waals surface area contributed by atoms with Gasteiger partial charge in [-0.3, -0.25) is 10.1 Å². The SMILES string of the molecule is Cc1ccccc1C1NC(C)C(=O)N1C1CCC(C)(C)C1. The standard InChI is InChI=1S/C18H26N2O/c1-12-7-5-6-8-15(12)16-19-13(2)17(21)20(16)14-9-10-18(3,4)11-14/h5-8,13-14,16,19H,9-11H2,1-4H3. The monoisotopic (exact) mass is 286 g/mol. The fraction of sp³-hybridized carbons (Fsp3) is 0.611. The summed E-state index contributed by atoms with van der Waals surface area (Å²) < 4.78 is 0. The van der Waals surface area contributed by atoms with Gasteiger partial charge in [-0.15, -0.1) is 0 Å². The maximum Gasteiger partial charge on any atom is 0.241 e. The quantitative estimate of drug-likeness (QED) is 0.904. The van der Waals surface area contributed by atoms with E-state index >= 15 is 0 Å². The molecule has 0 radical (unpaired) electrons. The third kappa shape index (κ3) is 2.59. The van der Waals surface area contributed by atoms with Gasteiger partial charge in [-0.25, -0.2) is 0 Å². The zero-order chi connectivity index (χ0) is 15.2. The van der Waals surface area contributed by atoms with E-state index in [1.807, 2.05) is 6.92 Å². The number of hydrogen-bond acceptors (Lipinski definition) is 2. The van der Waals surface area contributed by atoms with Gasteiger partial charge in [0.25, 0.3) is 0 Å². The third-order valence-electron chi connectivity index (χ3n) is 5.13. The average Bonchev–Trinajstić information content (AvgIpc) is 2.91. The molecule has 3 atom stereocenters. The van der Waals surface area contributed by atoms with E-state index in [0.717, 1.165) is 12.8 Å². The number of hydrogen-bond donors (Lipinski definition) is 1. The summed E-state index contributed by atoms with van der Waals surface area (Å²) >= 11 is 0. The number of rotatable bonds is 2. The lowest BCUT2D eigenvalue weighted by atomic mass is 9.91. The van der Waals surface area contributed by atoms with Crippen LogP contribution in [0, 0.1) is 12.3 Å². The van der Waals surface area contributed by atoms with Gasteiger partial charge >= 0.3 is 0 Å². The minimum atomic E-state index is -0.0849. The Morgan fingerprint density at radius 1 is 1.29 bits per heavy atom. The lowest BCUT2D eigenvalue weighted by molar-refractivity contribution is -0.132. The number of amides is 1. The van der Waals surface area contributed by atoms with Crippen molar-refractivity contribution in [2.24, 2.45) is 5.41 Å². The van der Waals surface area contributed by atoms with Crippen LogP contribution in [-0.2, 0) is 4.79 Å². The fourth-order valence-electron chi connectivity index (χ4n) is 3.90. The predicted octanol–water partition coefficient (Wildman–Crippen LogP) is 3.39. The molecular formula is C18H26N2O. The molecular weight excluding hydrogens is 260 g/mol. The normalized spacial score (nSPS) is 31.9. The van der Waals surface area contributed by atoms with Crippen LogP contribution in [0.5, 0.6) is 0 Å². The zero-order valence-corrected chi connectivity index (χ0v) is 13.5. The summed E-state index contributed by atoms with van der Waals surface area (Å²) in [6.45, 7) is 8.73. The number of nitrogens with one attached hydrogen (secondary N) is 1. The molecule has 3 rings (SSSR count). The molecule has 0 aromatic heterocycles. The van der Waals surface area contributed by atoms with Crippen LogP contribution in [0.1, 0.15) is 57.3 Å². The molecule has 1 saturated carbocycles. The second kappa shape index (κ2) is 5.13. The zero-order valence-electron chi connectivity index (χ0n) is 13.5. The van der Waals surface area contributed by atoms with Crippen molar-refractivity contribution in [3.8, 4) is 0 Å². The molecule has 1 amide bonds. The molecule has 21 heavy (non-hydrogen) atoms. The van der Waals surface area contributed by atoms with E-state index in [1.165, 1.54) is 17.5 Å². The van der Waals surface area contributed by atoms with Crippen molar-refractivity contribution in [1.29, 1.82) is 0 Å². The Balaban J connectivity index is 1.92. The first-order valence-electron chi connectivity index (χ1n) is 8.03. The van der Waals surface area contributed by atoms with Crippen LogP contribution in [0.3, 0.4) is 0 Å². The van der Waals surface area contributed by atoms with E-state index in [0.29, 0.717) is 11.5 Å². The van der Waals surface area contributed by atoms with Gasteiger partial charge in [-0.1, -0.05) is 38.1 Å². The first-order chi connectivity index (χ1) is 9.89. The molecule has 3 heteroatoms. The van der Waals surface area contributed by atoms with Crippen LogP contribution in [0.15, 0.2) is 24.3 Å². The number of nitrogens with zero attached hydrogens (tertiary/aromatic N) is 1. The minimum Gasteiger partial charge on any atom is -0.319 e. The van der Waals surface area contributed by atoms with Gasteiger partial charge < -0.3 is 4.90 Å². The molecule has 3 unspecified atom stereocenters. The smallest absolute Gasteiger partial charge is 0.241 e. The second-order valence-corrected chi connectivity index (χ2v) is 7.45. The number of carbonyl (C=O) groups excluding carboxylic acids is 1. The Kier molecular flexibility index (Phi) is 3.56. The van der Waals surface area contributed by atoms with Crippen molar-refractivity contribution in [3.63, 3.8) is 0 Å². The first kappa shape index (κ1) is 14.6. The van der Waals surface area contributed by atoms with Crippen LogP contribution in [0.2, 0.25) is 0 Å². The van der Waals surface area contributed by atoms with Crippen LogP contribution in [-0.4, -0.2) is 22.9 Å². The summed E-state index contributed by atoms with van der Waals surface area (Å²) in [4.78, 5) is 14.8. The van der Waals surface area contributed by atoms with Gasteiger partial charge in [-0.05, 0) is 49.7 Å². The molecule has 1 aromatic rings. The Morgan fingerprint density at radius 2 is 2.00 bits per heavy atom. The van der Waals surface area contributed by atoms with Gasteiger partial charge in [0, 0.05) is 6.04 Å². The van der Waals surface area contributed by atoms with Gasteiger partial charge in [0.2, 0.25) is 5.91 Å². The molecule has 3 nitrogen and oxygen atoms in total. The fourth-order valence-corrected chi connectivity index (χ4v) is 3.90. The van der Waals surface area contributed by atoms with Crippen molar-refractivity contribution < 1.29 is 4.79 Å². The van der Waals surface area contributed by atoms with Gasteiger partial charge in [0.1, 0.15) is 6.17 Å². The topological polar surface area (TPSA) is 32.3 Å². The van der Waals surface area contributed by atoms with Crippen LogP contribution >= 0.6 is 0 Å². The number of aryl methyl sites for hydroxylation is 1. The van der Waals surface area contributed by atoms with Crippen LogP contribution < -0.4 is 5.32 Å². The van der Waals surface area contributed by atoms with E-state index < -0.39 is 0 Å². The van der Waals surface area contributed by atoms with E-state index in [1.54, 1.807) is 0 Å². The molecule has 0 bridgehead atoms. The van der Waals surface area contributed by atoms with Gasteiger partial charge in [0.05, 0.1) is 6.04 Å². The van der Waals surface area contributed by atoms with Crippen LogP contribution in [0.4, 0.5) is 0 Å². The molecule has 2 fully saturated rings. The largest absolute Gasteiger partial charge is 0.319 e. The van der Waals surface area contributed by atoms with E-state index in [9.17, 15) is 4.79 Å². The minimum absolute atomic E-state index is 0.0348. The second-order valence-electron chi connectivity index (χ2n) is 7.45. The van der Waals surface area contributed by atoms with Gasteiger partial charge in [-0.2, -0.15) is 0 Å². The molecule has 0 spiro atoms. The molecule has 1 heterocycles. The highest BCUT2D eigenvalue weighted by molar-refractivity contribution is 5.84. The van der Waals surface area contributed by atoms with Crippen molar-refractivity contribution in [1.82, 2.24) is 10.2 Å². The molecule has 1 N–H and O–H groups in total. The summed E-state index contributed by atoms with van der Waals surface area (Å²) in [7, 11) is 0. The molecule has 2 aliphatic rings. The third-order valence-corrected chi connectivity index (χ3v) is 5.13. The lowest BCUT2D eigenvalue weighted by Gasteiger charge is -2.32. The summed E-state index contributed by atoms with van der Waals surface area (Å²) in [5, 5.41) is 3.49. The molecule has 1 saturated heterocycles. The Morgan fingerprint density at radius 3 is 2.62 bits per heavy atom. The summed E-state index contributed by atoms with van der Waals surface area (Å²) in [6.07, 6.45) is 3.47. The van der Waals surface area contributed by atoms with Crippen molar-refractivity contribution >= 4 is 5.91 Å². The van der Waals surface area contributed by atoms with E-state index in [2.05, 4.69) is 55.3 Å². The van der Waals surface area contributed by atoms with Crippen LogP contribution in [0.25, 0.3) is 0 Å². The molecule has 1 aliphatic heterocycles. The highest BCUT2D eigenvalue weighted by Crippen LogP contribution is 2.43. The molecule has 1 aromatic carbocycles. The Bertz CT molecular complexity index is 552. The summed E-state index contributed by atoms with van der Waals surface area (Å²) in [6, 6.07) is 8.68. The summed E-state index contributed by atoms with van der Waals surface area (Å²) in [5.41, 5.74) is 2.84. The highest BCUT2D eigenvalue weighted by Gasteiger charge is 2.45. The predicted molar refractivity (Wildman–Crippen MR) is 84.8 cm³/mol. The first-order valence-corrected chi connectivity index (χ1v) is 8.03. The maximum atomic E-state index is 12.7. The Hall–Kier alpha value is -1.35. The van der Waals surface area contributed by atoms with Gasteiger partial charge in [0.15, 0.2) is 0 Å². The van der Waals surface area contributed by atoms with Crippen molar-refractivity contribution in [2.45, 2.75) is 65.2 Å².